The highest BCUT2D eigenvalue weighted by Gasteiger charge is 2.25. The molecule has 0 fully saturated rings. The molecule has 0 bridgehead atoms. The highest BCUT2D eigenvalue weighted by atomic mass is 127. The van der Waals surface area contributed by atoms with Crippen LogP contribution < -0.4 is 10.5 Å². The monoisotopic (exact) mass is 412 g/mol. The number of carboxylic acid groups (broad SMARTS) is 1. The Morgan fingerprint density at radius 3 is 2.30 bits per heavy atom. The van der Waals surface area contributed by atoms with Gasteiger partial charge < -0.3 is 10.8 Å². The van der Waals surface area contributed by atoms with Crippen LogP contribution in [-0.4, -0.2) is 31.4 Å². The lowest BCUT2D eigenvalue weighted by Crippen LogP contribution is -2.41. The summed E-state index contributed by atoms with van der Waals surface area (Å²) in [5.74, 6) is -2.05. The minimum atomic E-state index is -3.96. The minimum Gasteiger partial charge on any atom is -0.480 e. The van der Waals surface area contributed by atoms with Gasteiger partial charge in [0.05, 0.1) is 4.90 Å². The lowest BCUT2D eigenvalue weighted by atomic mass is 10.2. The van der Waals surface area contributed by atoms with Crippen LogP contribution in [-0.2, 0) is 19.6 Å². The van der Waals surface area contributed by atoms with Crippen molar-refractivity contribution in [1.82, 2.24) is 4.72 Å². The fourth-order valence-corrected chi connectivity index (χ4v) is 2.97. The number of carboxylic acids is 1. The van der Waals surface area contributed by atoms with Crippen LogP contribution >= 0.6 is 22.6 Å². The van der Waals surface area contributed by atoms with Crippen LogP contribution in [0.15, 0.2) is 29.2 Å². The Labute approximate surface area is 129 Å². The van der Waals surface area contributed by atoms with Crippen molar-refractivity contribution in [2.45, 2.75) is 23.8 Å². The number of carbonyl (C=O) groups excluding carboxylic acids is 1. The first-order valence-electron chi connectivity index (χ1n) is 5.51. The van der Waals surface area contributed by atoms with Crippen molar-refractivity contribution in [2.75, 3.05) is 0 Å². The SMILES string of the molecule is NC(=O)CCC(NS(=O)(=O)c1ccc(I)cc1)C(=O)O. The maximum Gasteiger partial charge on any atom is 0.321 e. The third-order valence-electron chi connectivity index (χ3n) is 2.40. The summed E-state index contributed by atoms with van der Waals surface area (Å²) in [6.07, 6.45) is -0.416. The largest absolute Gasteiger partial charge is 0.480 e. The maximum absolute atomic E-state index is 12.0. The van der Waals surface area contributed by atoms with Crippen molar-refractivity contribution in [3.8, 4) is 0 Å². The van der Waals surface area contributed by atoms with Crippen LogP contribution in [0.4, 0.5) is 0 Å². The van der Waals surface area contributed by atoms with Gasteiger partial charge in [0.2, 0.25) is 15.9 Å². The fourth-order valence-electron chi connectivity index (χ4n) is 1.39. The number of carbonyl (C=O) groups is 2. The van der Waals surface area contributed by atoms with E-state index in [1.807, 2.05) is 27.3 Å². The van der Waals surface area contributed by atoms with E-state index in [0.717, 1.165) is 3.57 Å². The van der Waals surface area contributed by atoms with E-state index in [1.165, 1.54) is 12.1 Å². The number of nitrogens with two attached hydrogens (primary N) is 1. The third-order valence-corrected chi connectivity index (χ3v) is 4.61. The van der Waals surface area contributed by atoms with Crippen molar-refractivity contribution in [2.24, 2.45) is 5.73 Å². The van der Waals surface area contributed by atoms with Gasteiger partial charge in [0.1, 0.15) is 6.04 Å². The Kier molecular flexibility index (Phi) is 5.89. The molecule has 1 atom stereocenters. The Hall–Kier alpha value is -1.20. The van der Waals surface area contributed by atoms with Crippen molar-refractivity contribution < 1.29 is 23.1 Å². The van der Waals surface area contributed by atoms with Gasteiger partial charge in [0, 0.05) is 9.99 Å². The quantitative estimate of drug-likeness (QED) is 0.555. The van der Waals surface area contributed by atoms with E-state index in [9.17, 15) is 18.0 Å². The standard InChI is InChI=1S/C11H13IN2O5S/c12-7-1-3-8(4-2-7)20(18,19)14-9(11(16)17)5-6-10(13)15/h1-4,9,14H,5-6H2,(H2,13,15)(H,16,17). The van der Waals surface area contributed by atoms with Gasteiger partial charge in [-0.2, -0.15) is 4.72 Å². The molecule has 7 nitrogen and oxygen atoms in total. The number of primary amides is 1. The van der Waals surface area contributed by atoms with Gasteiger partial charge in [-0.15, -0.1) is 0 Å². The lowest BCUT2D eigenvalue weighted by Gasteiger charge is -2.14. The number of aliphatic carboxylic acids is 1. The molecule has 1 amide bonds. The zero-order valence-corrected chi connectivity index (χ0v) is 13.2. The molecule has 1 unspecified atom stereocenters. The molecule has 0 radical (unpaired) electrons. The molecule has 0 heterocycles. The molecule has 110 valence electrons. The number of nitrogens with one attached hydrogen (secondary N) is 1. The van der Waals surface area contributed by atoms with Gasteiger partial charge in [-0.3, -0.25) is 9.59 Å². The summed E-state index contributed by atoms with van der Waals surface area (Å²) in [5.41, 5.74) is 4.92. The number of sulfonamides is 1. The highest BCUT2D eigenvalue weighted by molar-refractivity contribution is 14.1. The second-order valence-electron chi connectivity index (χ2n) is 3.97. The molecule has 20 heavy (non-hydrogen) atoms. The lowest BCUT2D eigenvalue weighted by molar-refractivity contribution is -0.139. The topological polar surface area (TPSA) is 127 Å². The Morgan fingerprint density at radius 1 is 1.30 bits per heavy atom. The van der Waals surface area contributed by atoms with Crippen molar-refractivity contribution >= 4 is 44.5 Å². The summed E-state index contributed by atoms with van der Waals surface area (Å²) < 4.78 is 26.9. The zero-order chi connectivity index (χ0) is 15.3. The smallest absolute Gasteiger partial charge is 0.321 e. The van der Waals surface area contributed by atoms with Gasteiger partial charge in [-0.25, -0.2) is 8.42 Å². The second-order valence-corrected chi connectivity index (χ2v) is 6.93. The zero-order valence-electron chi connectivity index (χ0n) is 10.2. The number of benzene rings is 1. The molecule has 4 N–H and O–H groups in total. The van der Waals surface area contributed by atoms with Gasteiger partial charge >= 0.3 is 5.97 Å². The first-order chi connectivity index (χ1) is 9.22. The van der Waals surface area contributed by atoms with E-state index in [0.29, 0.717) is 0 Å². The molecule has 1 rings (SSSR count). The Balaban J connectivity index is 2.88. The molecular formula is C11H13IN2O5S. The number of halogens is 1. The van der Waals surface area contributed by atoms with Crippen molar-refractivity contribution in [3.05, 3.63) is 27.8 Å². The molecule has 9 heteroatoms. The summed E-state index contributed by atoms with van der Waals surface area (Å²) >= 11 is 2.02. The number of hydrogen-bond donors (Lipinski definition) is 3. The molecule has 1 aromatic rings. The molecule has 1 aromatic carbocycles. The molecule has 0 aliphatic carbocycles. The number of rotatable bonds is 7. The minimum absolute atomic E-state index is 0.0387. The average Bonchev–Trinajstić information content (AvgIpc) is 2.34. The van der Waals surface area contributed by atoms with Gasteiger partial charge in [0.15, 0.2) is 0 Å². The normalized spacial score (nSPS) is 12.8. The summed E-state index contributed by atoms with van der Waals surface area (Å²) in [7, 11) is -3.96. The Morgan fingerprint density at radius 2 is 1.85 bits per heavy atom. The first kappa shape index (κ1) is 16.9. The van der Waals surface area contributed by atoms with Crippen LogP contribution in [0.2, 0.25) is 0 Å². The molecule has 0 saturated carbocycles. The van der Waals surface area contributed by atoms with Crippen LogP contribution in [0.5, 0.6) is 0 Å². The predicted molar refractivity (Wildman–Crippen MR) is 79.3 cm³/mol. The van der Waals surface area contributed by atoms with E-state index in [1.54, 1.807) is 12.1 Å². The molecule has 0 spiro atoms. The molecular weight excluding hydrogens is 399 g/mol. The van der Waals surface area contributed by atoms with E-state index in [2.05, 4.69) is 0 Å². The van der Waals surface area contributed by atoms with E-state index < -0.39 is 27.9 Å². The Bertz CT molecular complexity index is 600. The first-order valence-corrected chi connectivity index (χ1v) is 8.07. The summed E-state index contributed by atoms with van der Waals surface area (Å²) in [4.78, 5) is 21.6. The molecule has 0 aromatic heterocycles. The van der Waals surface area contributed by atoms with Crippen LogP contribution in [0.25, 0.3) is 0 Å². The second kappa shape index (κ2) is 6.99. The third kappa shape index (κ3) is 5.06. The fraction of sp³-hybridized carbons (Fsp3) is 0.273. The molecule has 0 saturated heterocycles. The van der Waals surface area contributed by atoms with E-state index in [-0.39, 0.29) is 17.7 Å². The van der Waals surface area contributed by atoms with Gasteiger partial charge in [0.25, 0.3) is 0 Å². The molecule has 0 aliphatic rings. The van der Waals surface area contributed by atoms with Gasteiger partial charge in [-0.1, -0.05) is 0 Å². The average molecular weight is 412 g/mol. The number of amides is 1. The van der Waals surface area contributed by atoms with Crippen LogP contribution in [0.1, 0.15) is 12.8 Å². The molecule has 0 aliphatic heterocycles. The van der Waals surface area contributed by atoms with Gasteiger partial charge in [-0.05, 0) is 53.3 Å². The highest BCUT2D eigenvalue weighted by Crippen LogP contribution is 2.13. The van der Waals surface area contributed by atoms with E-state index in [4.69, 9.17) is 10.8 Å². The maximum atomic E-state index is 12.0. The van der Waals surface area contributed by atoms with E-state index >= 15 is 0 Å². The summed E-state index contributed by atoms with van der Waals surface area (Å²) in [6, 6.07) is 4.53. The summed E-state index contributed by atoms with van der Waals surface area (Å²) in [5, 5.41) is 8.96. The summed E-state index contributed by atoms with van der Waals surface area (Å²) in [6.45, 7) is 0. The van der Waals surface area contributed by atoms with Crippen molar-refractivity contribution in [1.29, 1.82) is 0 Å². The van der Waals surface area contributed by atoms with Crippen LogP contribution in [0, 0.1) is 3.57 Å². The predicted octanol–water partition coefficient (Wildman–Crippen LogP) is 0.288. The number of hydrogen-bond acceptors (Lipinski definition) is 4. The van der Waals surface area contributed by atoms with Crippen molar-refractivity contribution in [3.63, 3.8) is 0 Å². The van der Waals surface area contributed by atoms with Crippen LogP contribution in [0.3, 0.4) is 0 Å².